The van der Waals surface area contributed by atoms with Gasteiger partial charge in [0.25, 0.3) is 5.91 Å². The molecule has 0 saturated heterocycles. The van der Waals surface area contributed by atoms with Crippen molar-refractivity contribution in [3.8, 4) is 0 Å². The van der Waals surface area contributed by atoms with Gasteiger partial charge in [-0.15, -0.1) is 0 Å². The van der Waals surface area contributed by atoms with Crippen LogP contribution in [0.3, 0.4) is 0 Å². The third-order valence-corrected chi connectivity index (χ3v) is 2.28. The highest BCUT2D eigenvalue weighted by molar-refractivity contribution is 5.92. The van der Waals surface area contributed by atoms with Crippen LogP contribution in [0.5, 0.6) is 0 Å². The maximum atomic E-state index is 11.7. The van der Waals surface area contributed by atoms with Gasteiger partial charge in [0.05, 0.1) is 5.69 Å². The fourth-order valence-electron chi connectivity index (χ4n) is 1.28. The Balaban J connectivity index is 2.58. The molecular weight excluding hydrogens is 192 g/mol. The summed E-state index contributed by atoms with van der Waals surface area (Å²) in [6, 6.07) is 1.77. The molecule has 0 aliphatic rings. The number of aryl methyl sites for hydroxylation is 2. The molecule has 0 fully saturated rings. The molecule has 3 N–H and O–H groups in total. The molecule has 0 radical (unpaired) electrons. The van der Waals surface area contributed by atoms with Crippen LogP contribution in [-0.4, -0.2) is 28.3 Å². The van der Waals surface area contributed by atoms with E-state index < -0.39 is 0 Å². The van der Waals surface area contributed by atoms with Gasteiger partial charge in [-0.2, -0.15) is 5.10 Å². The molecule has 0 saturated carbocycles. The lowest BCUT2D eigenvalue weighted by Gasteiger charge is -2.09. The van der Waals surface area contributed by atoms with E-state index in [4.69, 9.17) is 5.73 Å². The van der Waals surface area contributed by atoms with Crippen molar-refractivity contribution in [2.45, 2.75) is 26.3 Å². The first-order chi connectivity index (χ1) is 7.04. The molecule has 1 amide bonds. The van der Waals surface area contributed by atoms with Gasteiger partial charge in [0.15, 0.2) is 0 Å². The van der Waals surface area contributed by atoms with Crippen molar-refractivity contribution in [3.05, 3.63) is 17.5 Å². The quantitative estimate of drug-likeness (QED) is 0.745. The highest BCUT2D eigenvalue weighted by Gasteiger charge is 2.11. The van der Waals surface area contributed by atoms with Crippen LogP contribution in [0, 0.1) is 6.92 Å². The fraction of sp³-hybridized carbons (Fsp3) is 0.600. The second-order valence-electron chi connectivity index (χ2n) is 3.67. The van der Waals surface area contributed by atoms with E-state index in [1.807, 2.05) is 13.8 Å². The Morgan fingerprint density at radius 3 is 2.87 bits per heavy atom. The molecule has 1 atom stereocenters. The van der Waals surface area contributed by atoms with Crippen molar-refractivity contribution in [1.82, 2.24) is 15.1 Å². The second kappa shape index (κ2) is 4.93. The molecule has 5 nitrogen and oxygen atoms in total. The molecule has 0 spiro atoms. The van der Waals surface area contributed by atoms with E-state index in [-0.39, 0.29) is 11.9 Å². The molecule has 15 heavy (non-hydrogen) atoms. The van der Waals surface area contributed by atoms with Crippen molar-refractivity contribution in [2.75, 3.05) is 6.54 Å². The van der Waals surface area contributed by atoms with Crippen LogP contribution in [0.25, 0.3) is 0 Å². The van der Waals surface area contributed by atoms with Crippen LogP contribution in [0.1, 0.15) is 29.5 Å². The number of carbonyl (C=O) groups is 1. The smallest absolute Gasteiger partial charge is 0.269 e. The number of aromatic nitrogens is 2. The molecule has 1 aromatic heterocycles. The topological polar surface area (TPSA) is 72.9 Å². The van der Waals surface area contributed by atoms with Gasteiger partial charge in [-0.3, -0.25) is 9.48 Å². The molecule has 0 aliphatic carbocycles. The molecule has 0 aliphatic heterocycles. The number of rotatable bonds is 4. The Morgan fingerprint density at radius 2 is 2.40 bits per heavy atom. The fourth-order valence-corrected chi connectivity index (χ4v) is 1.28. The minimum atomic E-state index is -0.123. The van der Waals surface area contributed by atoms with Gasteiger partial charge < -0.3 is 11.1 Å². The van der Waals surface area contributed by atoms with Gasteiger partial charge in [-0.05, 0) is 19.4 Å². The van der Waals surface area contributed by atoms with Crippen molar-refractivity contribution in [2.24, 2.45) is 12.8 Å². The Labute approximate surface area is 89.6 Å². The summed E-state index contributed by atoms with van der Waals surface area (Å²) in [5, 5.41) is 6.88. The van der Waals surface area contributed by atoms with E-state index in [0.717, 1.165) is 12.1 Å². The van der Waals surface area contributed by atoms with E-state index in [1.165, 1.54) is 0 Å². The molecule has 0 bridgehead atoms. The van der Waals surface area contributed by atoms with E-state index in [2.05, 4.69) is 10.4 Å². The zero-order valence-corrected chi connectivity index (χ0v) is 9.45. The van der Waals surface area contributed by atoms with Crippen LogP contribution >= 0.6 is 0 Å². The Morgan fingerprint density at radius 1 is 1.73 bits per heavy atom. The largest absolute Gasteiger partial charge is 0.349 e. The van der Waals surface area contributed by atoms with Crippen LogP contribution in [0.2, 0.25) is 0 Å². The summed E-state index contributed by atoms with van der Waals surface area (Å²) in [4.78, 5) is 11.7. The molecule has 1 aromatic rings. The summed E-state index contributed by atoms with van der Waals surface area (Å²) in [5.41, 5.74) is 7.11. The van der Waals surface area contributed by atoms with Crippen molar-refractivity contribution < 1.29 is 4.79 Å². The predicted octanol–water partition coefficient (Wildman–Crippen LogP) is 0.196. The van der Waals surface area contributed by atoms with Gasteiger partial charge >= 0.3 is 0 Å². The number of hydrogen-bond acceptors (Lipinski definition) is 3. The van der Waals surface area contributed by atoms with Crippen LogP contribution < -0.4 is 11.1 Å². The highest BCUT2D eigenvalue weighted by Crippen LogP contribution is 2.01. The lowest BCUT2D eigenvalue weighted by atomic mass is 10.2. The second-order valence-corrected chi connectivity index (χ2v) is 3.67. The molecule has 84 valence electrons. The van der Waals surface area contributed by atoms with Crippen LogP contribution in [-0.2, 0) is 7.05 Å². The summed E-state index contributed by atoms with van der Waals surface area (Å²) < 4.78 is 1.57. The molecule has 0 aromatic carbocycles. The van der Waals surface area contributed by atoms with E-state index in [9.17, 15) is 4.79 Å². The van der Waals surface area contributed by atoms with Crippen molar-refractivity contribution in [1.29, 1.82) is 0 Å². The average molecular weight is 210 g/mol. The highest BCUT2D eigenvalue weighted by atomic mass is 16.2. The third kappa shape index (κ3) is 3.06. The summed E-state index contributed by atoms with van der Waals surface area (Å²) >= 11 is 0. The summed E-state index contributed by atoms with van der Waals surface area (Å²) in [6.07, 6.45) is 0.852. The third-order valence-electron chi connectivity index (χ3n) is 2.28. The van der Waals surface area contributed by atoms with E-state index in [1.54, 1.807) is 17.8 Å². The first-order valence-electron chi connectivity index (χ1n) is 5.09. The van der Waals surface area contributed by atoms with E-state index >= 15 is 0 Å². The molecular formula is C10H18N4O. The van der Waals surface area contributed by atoms with Gasteiger partial charge in [0, 0.05) is 19.6 Å². The molecule has 1 heterocycles. The number of amides is 1. The van der Waals surface area contributed by atoms with Gasteiger partial charge in [0.2, 0.25) is 0 Å². The number of nitrogens with two attached hydrogens (primary N) is 1. The van der Waals surface area contributed by atoms with Crippen molar-refractivity contribution in [3.63, 3.8) is 0 Å². The van der Waals surface area contributed by atoms with Crippen LogP contribution in [0.4, 0.5) is 0 Å². The number of nitrogens with zero attached hydrogens (tertiary/aromatic N) is 2. The monoisotopic (exact) mass is 210 g/mol. The molecule has 1 rings (SSSR count). The first-order valence-corrected chi connectivity index (χ1v) is 5.09. The molecule has 5 heteroatoms. The number of nitrogens with one attached hydrogen (secondary N) is 1. The Bertz CT molecular complexity index is 345. The summed E-state index contributed by atoms with van der Waals surface area (Å²) in [6.45, 7) is 4.35. The minimum Gasteiger partial charge on any atom is -0.349 e. The maximum Gasteiger partial charge on any atom is 0.269 e. The van der Waals surface area contributed by atoms with Gasteiger partial charge in [-0.1, -0.05) is 6.92 Å². The normalized spacial score (nSPS) is 12.5. The summed E-state index contributed by atoms with van der Waals surface area (Å²) in [5.74, 6) is -0.123. The maximum absolute atomic E-state index is 11.7. The Kier molecular flexibility index (Phi) is 3.85. The first kappa shape index (κ1) is 11.7. The van der Waals surface area contributed by atoms with Crippen LogP contribution in [0.15, 0.2) is 6.07 Å². The predicted molar refractivity (Wildman–Crippen MR) is 58.5 cm³/mol. The SMILES string of the molecule is CCC(N)CNC(=O)c1cc(C)nn1C. The van der Waals surface area contributed by atoms with Gasteiger partial charge in [0.1, 0.15) is 5.69 Å². The lowest BCUT2D eigenvalue weighted by Crippen LogP contribution is -2.37. The minimum absolute atomic E-state index is 0.0169. The average Bonchev–Trinajstić information content (AvgIpc) is 2.53. The standard InChI is InChI=1S/C10H18N4O/c1-4-8(11)6-12-10(15)9-5-7(2)13-14(9)3/h5,8H,4,6,11H2,1-3H3,(H,12,15). The number of hydrogen-bond donors (Lipinski definition) is 2. The summed E-state index contributed by atoms with van der Waals surface area (Å²) in [7, 11) is 1.75. The lowest BCUT2D eigenvalue weighted by molar-refractivity contribution is 0.0941. The Hall–Kier alpha value is -1.36. The zero-order chi connectivity index (χ0) is 11.4. The van der Waals surface area contributed by atoms with E-state index in [0.29, 0.717) is 12.2 Å². The molecule has 1 unspecified atom stereocenters. The number of carbonyl (C=O) groups excluding carboxylic acids is 1. The zero-order valence-electron chi connectivity index (χ0n) is 9.45. The van der Waals surface area contributed by atoms with Gasteiger partial charge in [-0.25, -0.2) is 0 Å². The van der Waals surface area contributed by atoms with Crippen molar-refractivity contribution >= 4 is 5.91 Å².